The number of hydrogen-bond acceptors (Lipinski definition) is 5. The number of aromatic nitrogens is 4. The van der Waals surface area contributed by atoms with Crippen molar-refractivity contribution in [1.29, 1.82) is 0 Å². The predicted octanol–water partition coefficient (Wildman–Crippen LogP) is 2.22. The molecule has 0 N–H and O–H groups in total. The van der Waals surface area contributed by atoms with Crippen LogP contribution in [0.3, 0.4) is 0 Å². The fraction of sp³-hybridized carbons (Fsp3) is 0.368. The van der Waals surface area contributed by atoms with Crippen molar-refractivity contribution in [2.45, 2.75) is 38.4 Å². The molecule has 0 saturated carbocycles. The summed E-state index contributed by atoms with van der Waals surface area (Å²) < 4.78 is 1.85. The van der Waals surface area contributed by atoms with E-state index >= 15 is 0 Å². The lowest BCUT2D eigenvalue weighted by Gasteiger charge is -2.40. The minimum absolute atomic E-state index is 0.0212. The molecule has 0 spiro atoms. The van der Waals surface area contributed by atoms with Gasteiger partial charge in [0, 0.05) is 18.3 Å². The van der Waals surface area contributed by atoms with E-state index in [1.165, 1.54) is 6.42 Å². The van der Waals surface area contributed by atoms with Crippen molar-refractivity contribution >= 4 is 11.0 Å². The first-order valence-electron chi connectivity index (χ1n) is 8.71. The predicted molar refractivity (Wildman–Crippen MR) is 95.1 cm³/mol. The molecule has 5 heterocycles. The largest absolute Gasteiger partial charge is 0.293 e. The van der Waals surface area contributed by atoms with E-state index in [-0.39, 0.29) is 11.1 Å². The summed E-state index contributed by atoms with van der Waals surface area (Å²) in [6.45, 7) is 4.76. The van der Waals surface area contributed by atoms with Crippen molar-refractivity contribution in [2.75, 3.05) is 6.54 Å². The normalized spacial score (nSPS) is 22.8. The average molecular weight is 333 g/mol. The van der Waals surface area contributed by atoms with E-state index in [9.17, 15) is 4.79 Å². The first kappa shape index (κ1) is 14.7. The molecule has 0 bridgehead atoms. The van der Waals surface area contributed by atoms with Gasteiger partial charge in [-0.15, -0.1) is 0 Å². The van der Waals surface area contributed by atoms with Gasteiger partial charge in [-0.2, -0.15) is 0 Å². The van der Waals surface area contributed by atoms with Crippen LogP contribution in [-0.2, 0) is 13.1 Å². The van der Waals surface area contributed by atoms with Crippen LogP contribution < -0.4 is 5.56 Å². The average Bonchev–Trinajstić information content (AvgIpc) is 3.01. The van der Waals surface area contributed by atoms with Crippen LogP contribution in [0.4, 0.5) is 0 Å². The molecular weight excluding hydrogens is 314 g/mol. The van der Waals surface area contributed by atoms with Gasteiger partial charge in [-0.1, -0.05) is 6.07 Å². The molecule has 1 saturated heterocycles. The quantitative estimate of drug-likeness (QED) is 0.683. The third kappa shape index (κ3) is 2.21. The number of hydrogen-bond donors (Lipinski definition) is 0. The molecule has 0 radical (unpaired) electrons. The van der Waals surface area contributed by atoms with Crippen LogP contribution >= 0.6 is 0 Å². The lowest BCUT2D eigenvalue weighted by atomic mass is 9.97. The second-order valence-corrected chi connectivity index (χ2v) is 7.22. The summed E-state index contributed by atoms with van der Waals surface area (Å²) >= 11 is 0. The summed E-state index contributed by atoms with van der Waals surface area (Å²) in [6.07, 6.45) is 4.05. The van der Waals surface area contributed by atoms with E-state index in [0.29, 0.717) is 17.6 Å². The molecule has 1 fully saturated rings. The fourth-order valence-corrected chi connectivity index (χ4v) is 4.13. The molecule has 2 aliphatic heterocycles. The Hall–Kier alpha value is -2.60. The first-order valence-corrected chi connectivity index (χ1v) is 8.71. The van der Waals surface area contributed by atoms with E-state index < -0.39 is 0 Å². The lowest BCUT2D eigenvalue weighted by molar-refractivity contribution is 0.0923. The molecule has 25 heavy (non-hydrogen) atoms. The highest BCUT2D eigenvalue weighted by molar-refractivity contribution is 5.76. The maximum absolute atomic E-state index is 13.0. The summed E-state index contributed by atoms with van der Waals surface area (Å²) in [5, 5.41) is 0.582. The summed E-state index contributed by atoms with van der Waals surface area (Å²) in [7, 11) is 0. The molecule has 3 aromatic heterocycles. The Morgan fingerprint density at radius 3 is 2.88 bits per heavy atom. The van der Waals surface area contributed by atoms with Crippen LogP contribution in [0.15, 0.2) is 41.3 Å². The van der Waals surface area contributed by atoms with Gasteiger partial charge in [0.25, 0.3) is 5.56 Å². The van der Waals surface area contributed by atoms with E-state index in [4.69, 9.17) is 4.98 Å². The summed E-state index contributed by atoms with van der Waals surface area (Å²) in [6, 6.07) is 9.40. The molecule has 0 amide bonds. The Morgan fingerprint density at radius 2 is 2.04 bits per heavy atom. The van der Waals surface area contributed by atoms with Gasteiger partial charge in [-0.25, -0.2) is 9.97 Å². The van der Waals surface area contributed by atoms with Crippen LogP contribution in [0.5, 0.6) is 0 Å². The highest BCUT2D eigenvalue weighted by atomic mass is 16.1. The highest BCUT2D eigenvalue weighted by Gasteiger charge is 2.41. The van der Waals surface area contributed by atoms with Gasteiger partial charge < -0.3 is 0 Å². The van der Waals surface area contributed by atoms with Crippen molar-refractivity contribution in [3.05, 3.63) is 52.7 Å². The smallest absolute Gasteiger partial charge is 0.263 e. The highest BCUT2D eigenvalue weighted by Crippen LogP contribution is 2.34. The molecule has 1 atom stereocenters. The van der Waals surface area contributed by atoms with Gasteiger partial charge in [0.05, 0.1) is 23.3 Å². The van der Waals surface area contributed by atoms with Gasteiger partial charge >= 0.3 is 0 Å². The maximum atomic E-state index is 13.0. The number of nitrogens with zero attached hydrogens (tertiary/aromatic N) is 5. The van der Waals surface area contributed by atoms with Crippen molar-refractivity contribution in [3.63, 3.8) is 0 Å². The topological polar surface area (TPSA) is 63.9 Å². The van der Waals surface area contributed by atoms with Crippen LogP contribution in [0.2, 0.25) is 0 Å². The standard InChI is InChI=1S/C19H19N5O/c1-19-8-4-10-23(19)11-16-22-17-13(18(25)24(16)12-19)6-7-15(21-17)14-5-2-3-9-20-14/h2-3,5-7,9H,4,8,10-12H2,1H3. The molecule has 3 aromatic rings. The second kappa shape index (κ2) is 5.20. The number of fused-ring (bicyclic) bond motifs is 3. The van der Waals surface area contributed by atoms with Gasteiger partial charge in [0.15, 0.2) is 5.65 Å². The molecule has 0 aromatic carbocycles. The Balaban J connectivity index is 1.67. The number of rotatable bonds is 1. The van der Waals surface area contributed by atoms with Gasteiger partial charge in [0.1, 0.15) is 5.82 Å². The Labute approximate surface area is 145 Å². The van der Waals surface area contributed by atoms with Crippen molar-refractivity contribution in [1.82, 2.24) is 24.4 Å². The molecular formula is C19H19N5O. The molecule has 6 heteroatoms. The van der Waals surface area contributed by atoms with E-state index in [1.54, 1.807) is 6.20 Å². The lowest BCUT2D eigenvalue weighted by Crippen LogP contribution is -2.51. The van der Waals surface area contributed by atoms with Gasteiger partial charge in [0.2, 0.25) is 0 Å². The minimum Gasteiger partial charge on any atom is -0.293 e. The third-order valence-corrected chi connectivity index (χ3v) is 5.56. The van der Waals surface area contributed by atoms with E-state index in [0.717, 1.165) is 36.7 Å². The third-order valence-electron chi connectivity index (χ3n) is 5.56. The van der Waals surface area contributed by atoms with Gasteiger partial charge in [-0.05, 0) is 50.6 Å². The monoisotopic (exact) mass is 333 g/mol. The molecule has 1 unspecified atom stereocenters. The molecule has 2 aliphatic rings. The van der Waals surface area contributed by atoms with Crippen LogP contribution in [0.1, 0.15) is 25.6 Å². The number of pyridine rings is 2. The Morgan fingerprint density at radius 1 is 1.12 bits per heavy atom. The first-order chi connectivity index (χ1) is 12.1. The molecule has 126 valence electrons. The zero-order valence-electron chi connectivity index (χ0n) is 14.1. The molecule has 6 nitrogen and oxygen atoms in total. The van der Waals surface area contributed by atoms with Crippen LogP contribution in [0.25, 0.3) is 22.4 Å². The van der Waals surface area contributed by atoms with Crippen molar-refractivity contribution in [2.24, 2.45) is 0 Å². The maximum Gasteiger partial charge on any atom is 0.263 e. The van der Waals surface area contributed by atoms with Crippen LogP contribution in [-0.4, -0.2) is 36.5 Å². The van der Waals surface area contributed by atoms with Gasteiger partial charge in [-0.3, -0.25) is 19.2 Å². The summed E-state index contributed by atoms with van der Waals surface area (Å²) in [5.41, 5.74) is 2.14. The zero-order valence-corrected chi connectivity index (χ0v) is 14.1. The molecule has 5 rings (SSSR count). The zero-order chi connectivity index (χ0) is 17.0. The SMILES string of the molecule is CC12CCCN1Cc1nc3nc(-c4ccccn4)ccc3c(=O)n1C2. The van der Waals surface area contributed by atoms with E-state index in [2.05, 4.69) is 21.8 Å². The van der Waals surface area contributed by atoms with Crippen molar-refractivity contribution < 1.29 is 0 Å². The summed E-state index contributed by atoms with van der Waals surface area (Å²) in [5.74, 6) is 0.822. The van der Waals surface area contributed by atoms with Crippen LogP contribution in [0, 0.1) is 0 Å². The molecule has 0 aliphatic carbocycles. The minimum atomic E-state index is 0.0212. The fourth-order valence-electron chi connectivity index (χ4n) is 4.13. The second-order valence-electron chi connectivity index (χ2n) is 7.22. The van der Waals surface area contributed by atoms with E-state index in [1.807, 2.05) is 34.9 Å². The Kier molecular flexibility index (Phi) is 3.06. The van der Waals surface area contributed by atoms with Crippen molar-refractivity contribution in [3.8, 4) is 11.4 Å². The summed E-state index contributed by atoms with van der Waals surface area (Å²) in [4.78, 5) is 29.1. The Bertz CT molecular complexity index is 1030.